The fourth-order valence-electron chi connectivity index (χ4n) is 0.660. The van der Waals surface area contributed by atoms with E-state index >= 15 is 0 Å². The van der Waals surface area contributed by atoms with Crippen molar-refractivity contribution in [3.8, 4) is 5.75 Å². The monoisotopic (exact) mass is 200 g/mol. The predicted octanol–water partition coefficient (Wildman–Crippen LogP) is 1.72. The van der Waals surface area contributed by atoms with Crippen LogP contribution >= 0.6 is 11.6 Å². The van der Waals surface area contributed by atoms with Gasteiger partial charge in [0.25, 0.3) is 0 Å². The first-order valence-corrected chi connectivity index (χ1v) is 4.57. The SMILES string of the molecule is C1CNC1.COc1ccc(Cl)nc1. The van der Waals surface area contributed by atoms with Crippen LogP contribution in [0.2, 0.25) is 5.15 Å². The van der Waals surface area contributed by atoms with Gasteiger partial charge in [0.15, 0.2) is 0 Å². The highest BCUT2D eigenvalue weighted by atomic mass is 35.5. The van der Waals surface area contributed by atoms with E-state index in [1.54, 1.807) is 25.4 Å². The van der Waals surface area contributed by atoms with Crippen molar-refractivity contribution >= 4 is 11.6 Å². The minimum atomic E-state index is 0.482. The fourth-order valence-corrected chi connectivity index (χ4v) is 0.772. The van der Waals surface area contributed by atoms with Gasteiger partial charge >= 0.3 is 0 Å². The summed E-state index contributed by atoms with van der Waals surface area (Å²) in [5.41, 5.74) is 0. The third kappa shape index (κ3) is 4.10. The molecule has 0 atom stereocenters. The molecule has 0 spiro atoms. The highest BCUT2D eigenvalue weighted by Gasteiger charge is 1.92. The highest BCUT2D eigenvalue weighted by molar-refractivity contribution is 6.29. The Kier molecular flexibility index (Phi) is 4.57. The molecule has 0 aromatic carbocycles. The van der Waals surface area contributed by atoms with Gasteiger partial charge in [-0.2, -0.15) is 0 Å². The molecule has 0 bridgehead atoms. The summed E-state index contributed by atoms with van der Waals surface area (Å²) in [4.78, 5) is 3.79. The zero-order valence-electron chi connectivity index (χ0n) is 7.59. The Morgan fingerprint density at radius 1 is 1.46 bits per heavy atom. The van der Waals surface area contributed by atoms with Crippen LogP contribution in [0.3, 0.4) is 0 Å². The number of ether oxygens (including phenoxy) is 1. The molecular weight excluding hydrogens is 188 g/mol. The van der Waals surface area contributed by atoms with Gasteiger partial charge in [0.2, 0.25) is 0 Å². The van der Waals surface area contributed by atoms with Crippen molar-refractivity contribution in [1.29, 1.82) is 0 Å². The average molecular weight is 201 g/mol. The quantitative estimate of drug-likeness (QED) is 0.702. The van der Waals surface area contributed by atoms with E-state index in [0.29, 0.717) is 5.15 Å². The van der Waals surface area contributed by atoms with E-state index in [0.717, 1.165) is 5.75 Å². The maximum Gasteiger partial charge on any atom is 0.137 e. The van der Waals surface area contributed by atoms with Crippen LogP contribution in [0.15, 0.2) is 18.3 Å². The molecule has 1 saturated heterocycles. The number of pyridine rings is 1. The van der Waals surface area contributed by atoms with E-state index in [4.69, 9.17) is 16.3 Å². The summed E-state index contributed by atoms with van der Waals surface area (Å²) in [6.07, 6.45) is 2.96. The van der Waals surface area contributed by atoms with Crippen molar-refractivity contribution in [2.24, 2.45) is 0 Å². The Balaban J connectivity index is 0.000000175. The van der Waals surface area contributed by atoms with Gasteiger partial charge in [0, 0.05) is 0 Å². The van der Waals surface area contributed by atoms with Crippen LogP contribution in [0.25, 0.3) is 0 Å². The third-order valence-electron chi connectivity index (χ3n) is 1.64. The molecule has 2 heterocycles. The van der Waals surface area contributed by atoms with Crippen LogP contribution in [-0.4, -0.2) is 25.2 Å². The minimum Gasteiger partial charge on any atom is -0.495 e. The lowest BCUT2D eigenvalue weighted by Gasteiger charge is -2.09. The minimum absolute atomic E-state index is 0.482. The van der Waals surface area contributed by atoms with Gasteiger partial charge < -0.3 is 10.1 Å². The van der Waals surface area contributed by atoms with Crippen LogP contribution in [0.5, 0.6) is 5.75 Å². The molecule has 1 aromatic rings. The maximum absolute atomic E-state index is 5.50. The van der Waals surface area contributed by atoms with Gasteiger partial charge in [-0.1, -0.05) is 11.6 Å². The molecule has 2 rings (SSSR count). The summed E-state index contributed by atoms with van der Waals surface area (Å²) in [6, 6.07) is 3.44. The summed E-state index contributed by atoms with van der Waals surface area (Å²) in [7, 11) is 1.59. The van der Waals surface area contributed by atoms with Crippen molar-refractivity contribution < 1.29 is 4.74 Å². The van der Waals surface area contributed by atoms with E-state index in [2.05, 4.69) is 10.3 Å². The Hall–Kier alpha value is -0.800. The molecular formula is C9H13ClN2O. The van der Waals surface area contributed by atoms with Crippen molar-refractivity contribution in [2.75, 3.05) is 20.2 Å². The maximum atomic E-state index is 5.50. The molecule has 1 aliphatic heterocycles. The molecule has 0 radical (unpaired) electrons. The number of hydrogen-bond acceptors (Lipinski definition) is 3. The van der Waals surface area contributed by atoms with Gasteiger partial charge in [-0.15, -0.1) is 0 Å². The van der Waals surface area contributed by atoms with Crippen molar-refractivity contribution in [2.45, 2.75) is 6.42 Å². The number of nitrogens with one attached hydrogen (secondary N) is 1. The van der Waals surface area contributed by atoms with Crippen LogP contribution in [0, 0.1) is 0 Å². The predicted molar refractivity (Wildman–Crippen MR) is 53.3 cm³/mol. The van der Waals surface area contributed by atoms with E-state index < -0.39 is 0 Å². The van der Waals surface area contributed by atoms with Crippen molar-refractivity contribution in [3.63, 3.8) is 0 Å². The number of hydrogen-bond donors (Lipinski definition) is 1. The number of aromatic nitrogens is 1. The lowest BCUT2D eigenvalue weighted by molar-refractivity contribution is 0.413. The van der Waals surface area contributed by atoms with Crippen LogP contribution < -0.4 is 10.1 Å². The molecule has 4 heteroatoms. The molecule has 1 N–H and O–H groups in total. The number of halogens is 1. The molecule has 1 fully saturated rings. The largest absolute Gasteiger partial charge is 0.495 e. The summed E-state index contributed by atoms with van der Waals surface area (Å²) < 4.78 is 4.85. The Labute approximate surface area is 83.1 Å². The second-order valence-corrected chi connectivity index (χ2v) is 3.01. The molecule has 3 nitrogen and oxygen atoms in total. The lowest BCUT2D eigenvalue weighted by Crippen LogP contribution is -2.29. The Morgan fingerprint density at radius 2 is 2.08 bits per heavy atom. The molecule has 0 amide bonds. The summed E-state index contributed by atoms with van der Waals surface area (Å²) >= 11 is 5.50. The smallest absolute Gasteiger partial charge is 0.137 e. The molecule has 0 aliphatic carbocycles. The van der Waals surface area contributed by atoms with Gasteiger partial charge in [0.1, 0.15) is 10.9 Å². The Bertz CT molecular complexity index is 230. The normalized spacial score (nSPS) is 13.7. The second kappa shape index (κ2) is 5.78. The number of methoxy groups -OCH3 is 1. The molecule has 72 valence electrons. The molecule has 1 aliphatic rings. The molecule has 13 heavy (non-hydrogen) atoms. The molecule has 0 unspecified atom stereocenters. The fraction of sp³-hybridized carbons (Fsp3) is 0.444. The van der Waals surface area contributed by atoms with E-state index in [9.17, 15) is 0 Å². The van der Waals surface area contributed by atoms with Crippen LogP contribution in [0.4, 0.5) is 0 Å². The van der Waals surface area contributed by atoms with Gasteiger partial charge in [-0.05, 0) is 31.6 Å². The van der Waals surface area contributed by atoms with E-state index in [1.165, 1.54) is 19.5 Å². The first-order valence-electron chi connectivity index (χ1n) is 4.19. The van der Waals surface area contributed by atoms with Gasteiger partial charge in [0.05, 0.1) is 13.3 Å². The van der Waals surface area contributed by atoms with Crippen molar-refractivity contribution in [1.82, 2.24) is 10.3 Å². The van der Waals surface area contributed by atoms with Gasteiger partial charge in [-0.3, -0.25) is 0 Å². The first-order chi connectivity index (χ1) is 6.33. The van der Waals surface area contributed by atoms with Crippen LogP contribution in [0.1, 0.15) is 6.42 Å². The standard InChI is InChI=1S/C6H6ClNO.C3H7N/c1-9-5-2-3-6(7)8-4-5;1-2-4-3-1/h2-4H,1H3;4H,1-3H2. The topological polar surface area (TPSA) is 34.1 Å². The molecule has 0 saturated carbocycles. The Morgan fingerprint density at radius 3 is 2.38 bits per heavy atom. The lowest BCUT2D eigenvalue weighted by atomic mass is 10.3. The first kappa shape index (κ1) is 10.3. The van der Waals surface area contributed by atoms with E-state index in [1.807, 2.05) is 0 Å². The summed E-state index contributed by atoms with van der Waals surface area (Å²) in [5.74, 6) is 0.722. The second-order valence-electron chi connectivity index (χ2n) is 2.62. The van der Waals surface area contributed by atoms with E-state index in [-0.39, 0.29) is 0 Å². The highest BCUT2D eigenvalue weighted by Crippen LogP contribution is 2.10. The van der Waals surface area contributed by atoms with Gasteiger partial charge in [-0.25, -0.2) is 4.98 Å². The average Bonchev–Trinajstić information content (AvgIpc) is 2.03. The van der Waals surface area contributed by atoms with Crippen LogP contribution in [-0.2, 0) is 0 Å². The zero-order valence-corrected chi connectivity index (χ0v) is 8.34. The number of nitrogens with zero attached hydrogens (tertiary/aromatic N) is 1. The third-order valence-corrected chi connectivity index (χ3v) is 1.87. The van der Waals surface area contributed by atoms with Crippen molar-refractivity contribution in [3.05, 3.63) is 23.5 Å². The zero-order chi connectivity index (χ0) is 9.52. The molecule has 1 aromatic heterocycles. The summed E-state index contributed by atoms with van der Waals surface area (Å²) in [6.45, 7) is 2.50. The summed E-state index contributed by atoms with van der Waals surface area (Å²) in [5, 5.41) is 3.59. The number of rotatable bonds is 1.